The summed E-state index contributed by atoms with van der Waals surface area (Å²) in [7, 11) is 1.93. The summed E-state index contributed by atoms with van der Waals surface area (Å²) in [6, 6.07) is 10.6. The topological polar surface area (TPSA) is 41.4 Å². The molecule has 5 nitrogen and oxygen atoms in total. The Kier molecular flexibility index (Phi) is 4.10. The molecule has 2 heterocycles. The van der Waals surface area contributed by atoms with Crippen molar-refractivity contribution in [2.45, 2.75) is 18.9 Å². The Morgan fingerprint density at radius 3 is 2.58 bits per heavy atom. The van der Waals surface area contributed by atoms with Gasteiger partial charge in [-0.05, 0) is 23.5 Å². The van der Waals surface area contributed by atoms with Crippen LogP contribution in [0.5, 0.6) is 0 Å². The van der Waals surface area contributed by atoms with Gasteiger partial charge in [-0.2, -0.15) is 5.10 Å². The first-order valence-corrected chi connectivity index (χ1v) is 8.74. The molecule has 0 bridgehead atoms. The number of hydrogen-bond donors (Lipinski definition) is 0. The van der Waals surface area contributed by atoms with Gasteiger partial charge in [0.25, 0.3) is 0 Å². The van der Waals surface area contributed by atoms with E-state index in [1.54, 1.807) is 0 Å². The number of rotatable bonds is 4. The summed E-state index contributed by atoms with van der Waals surface area (Å²) in [5, 5.41) is 4.22. The summed E-state index contributed by atoms with van der Waals surface area (Å²) in [5.74, 6) is 0.895. The zero-order valence-corrected chi connectivity index (χ0v) is 14.1. The Balaban J connectivity index is 1.28. The van der Waals surface area contributed by atoms with Gasteiger partial charge in [0.2, 0.25) is 5.91 Å². The molecule has 2 fully saturated rings. The van der Waals surface area contributed by atoms with Gasteiger partial charge in [0.1, 0.15) is 0 Å². The van der Waals surface area contributed by atoms with E-state index in [0.717, 1.165) is 39.1 Å². The monoisotopic (exact) mass is 324 g/mol. The molecule has 4 rings (SSSR count). The molecular formula is C19H24N4O. The standard InChI is InChI=1S/C19H24N4O/c1-21-14-16(12-20-21)17-11-18(17)19(24)23-9-7-22(8-10-23)13-15-5-3-2-4-6-15/h2-6,12,14,17-18H,7-11,13H2,1H3/t17-,18-/m1/s1. The third-order valence-corrected chi connectivity index (χ3v) is 5.19. The second-order valence-electron chi connectivity index (χ2n) is 6.98. The van der Waals surface area contributed by atoms with E-state index >= 15 is 0 Å². The maximum absolute atomic E-state index is 12.7. The van der Waals surface area contributed by atoms with Crippen molar-refractivity contribution in [1.29, 1.82) is 0 Å². The van der Waals surface area contributed by atoms with Crippen molar-refractivity contribution < 1.29 is 4.79 Å². The SMILES string of the molecule is Cn1cc([C@H]2C[C@H]2C(=O)N2CCN(Cc3ccccc3)CC2)cn1. The summed E-state index contributed by atoms with van der Waals surface area (Å²) in [5.41, 5.74) is 2.55. The molecule has 2 atom stereocenters. The smallest absolute Gasteiger partial charge is 0.226 e. The highest BCUT2D eigenvalue weighted by Crippen LogP contribution is 2.48. The molecule has 1 amide bonds. The average Bonchev–Trinajstić information content (AvgIpc) is 3.30. The number of benzene rings is 1. The second kappa shape index (κ2) is 6.40. The molecule has 0 unspecified atom stereocenters. The van der Waals surface area contributed by atoms with Crippen LogP contribution in [0.2, 0.25) is 0 Å². The van der Waals surface area contributed by atoms with E-state index in [9.17, 15) is 4.79 Å². The number of aromatic nitrogens is 2. The molecule has 0 spiro atoms. The van der Waals surface area contributed by atoms with Gasteiger partial charge >= 0.3 is 0 Å². The fraction of sp³-hybridized carbons (Fsp3) is 0.474. The lowest BCUT2D eigenvalue weighted by Gasteiger charge is -2.35. The quantitative estimate of drug-likeness (QED) is 0.862. The molecule has 1 aromatic carbocycles. The second-order valence-corrected chi connectivity index (χ2v) is 6.98. The van der Waals surface area contributed by atoms with Crippen molar-refractivity contribution in [3.8, 4) is 0 Å². The molecule has 5 heteroatoms. The van der Waals surface area contributed by atoms with Crippen LogP contribution in [-0.2, 0) is 18.4 Å². The van der Waals surface area contributed by atoms with E-state index in [-0.39, 0.29) is 5.92 Å². The van der Waals surface area contributed by atoms with E-state index < -0.39 is 0 Å². The van der Waals surface area contributed by atoms with Crippen LogP contribution in [0.1, 0.15) is 23.5 Å². The molecule has 1 aromatic heterocycles. The van der Waals surface area contributed by atoms with E-state index in [1.807, 2.05) is 24.1 Å². The fourth-order valence-electron chi connectivity index (χ4n) is 3.67. The van der Waals surface area contributed by atoms with Gasteiger partial charge in [-0.25, -0.2) is 0 Å². The van der Waals surface area contributed by atoms with Gasteiger partial charge in [0, 0.05) is 51.9 Å². The van der Waals surface area contributed by atoms with Crippen LogP contribution in [0.25, 0.3) is 0 Å². The number of carbonyl (C=O) groups is 1. The highest BCUT2D eigenvalue weighted by molar-refractivity contribution is 5.83. The molecule has 2 aromatic rings. The van der Waals surface area contributed by atoms with Crippen LogP contribution >= 0.6 is 0 Å². The van der Waals surface area contributed by atoms with Crippen molar-refractivity contribution in [3.63, 3.8) is 0 Å². The van der Waals surface area contributed by atoms with Gasteiger partial charge in [-0.1, -0.05) is 30.3 Å². The molecule has 24 heavy (non-hydrogen) atoms. The summed E-state index contributed by atoms with van der Waals surface area (Å²) in [6.45, 7) is 4.60. The van der Waals surface area contributed by atoms with Gasteiger partial charge in [-0.3, -0.25) is 14.4 Å². The van der Waals surface area contributed by atoms with Crippen molar-refractivity contribution in [3.05, 3.63) is 53.9 Å². The number of carbonyl (C=O) groups excluding carboxylic acids is 1. The Morgan fingerprint density at radius 1 is 1.17 bits per heavy atom. The fourth-order valence-corrected chi connectivity index (χ4v) is 3.67. The highest BCUT2D eigenvalue weighted by Gasteiger charge is 2.46. The van der Waals surface area contributed by atoms with Crippen LogP contribution in [0.3, 0.4) is 0 Å². The highest BCUT2D eigenvalue weighted by atomic mass is 16.2. The number of amides is 1. The first kappa shape index (κ1) is 15.4. The maximum Gasteiger partial charge on any atom is 0.226 e. The molecule has 1 aliphatic carbocycles. The predicted octanol–water partition coefficient (Wildman–Crippen LogP) is 1.87. The largest absolute Gasteiger partial charge is 0.340 e. The lowest BCUT2D eigenvalue weighted by molar-refractivity contribution is -0.134. The van der Waals surface area contributed by atoms with Crippen LogP contribution < -0.4 is 0 Å². The third-order valence-electron chi connectivity index (χ3n) is 5.19. The normalized spacial score (nSPS) is 24.1. The Morgan fingerprint density at radius 2 is 1.92 bits per heavy atom. The predicted molar refractivity (Wildman–Crippen MR) is 92.4 cm³/mol. The van der Waals surface area contributed by atoms with Crippen molar-refractivity contribution in [2.24, 2.45) is 13.0 Å². The van der Waals surface area contributed by atoms with E-state index in [4.69, 9.17) is 0 Å². The number of hydrogen-bond acceptors (Lipinski definition) is 3. The Hall–Kier alpha value is -2.14. The van der Waals surface area contributed by atoms with Crippen LogP contribution in [0.15, 0.2) is 42.7 Å². The first-order chi connectivity index (χ1) is 11.7. The van der Waals surface area contributed by atoms with Gasteiger partial charge in [0.15, 0.2) is 0 Å². The average molecular weight is 324 g/mol. The van der Waals surface area contributed by atoms with Crippen LogP contribution in [0.4, 0.5) is 0 Å². The van der Waals surface area contributed by atoms with Crippen molar-refractivity contribution in [2.75, 3.05) is 26.2 Å². The lowest BCUT2D eigenvalue weighted by atomic mass is 10.1. The molecule has 126 valence electrons. The molecule has 1 aliphatic heterocycles. The molecule has 0 N–H and O–H groups in total. The minimum absolute atomic E-state index is 0.176. The number of aryl methyl sites for hydroxylation is 1. The zero-order valence-electron chi connectivity index (χ0n) is 14.1. The van der Waals surface area contributed by atoms with E-state index in [1.165, 1.54) is 11.1 Å². The summed E-state index contributed by atoms with van der Waals surface area (Å²) in [4.78, 5) is 17.2. The minimum atomic E-state index is 0.176. The summed E-state index contributed by atoms with van der Waals surface area (Å²) < 4.78 is 1.82. The molecule has 0 radical (unpaired) electrons. The number of nitrogens with zero attached hydrogens (tertiary/aromatic N) is 4. The molecule has 2 aliphatic rings. The van der Waals surface area contributed by atoms with Gasteiger partial charge < -0.3 is 4.90 Å². The zero-order chi connectivity index (χ0) is 16.5. The van der Waals surface area contributed by atoms with Crippen LogP contribution in [0, 0.1) is 5.92 Å². The van der Waals surface area contributed by atoms with E-state index in [0.29, 0.717) is 11.8 Å². The van der Waals surface area contributed by atoms with Crippen molar-refractivity contribution in [1.82, 2.24) is 19.6 Å². The Labute approximate surface area is 142 Å². The molecular weight excluding hydrogens is 300 g/mol. The third kappa shape index (κ3) is 3.22. The Bertz CT molecular complexity index is 703. The number of piperazine rings is 1. The first-order valence-electron chi connectivity index (χ1n) is 8.74. The van der Waals surface area contributed by atoms with Gasteiger partial charge in [-0.15, -0.1) is 0 Å². The summed E-state index contributed by atoms with van der Waals surface area (Å²) >= 11 is 0. The lowest BCUT2D eigenvalue weighted by Crippen LogP contribution is -2.48. The maximum atomic E-state index is 12.7. The van der Waals surface area contributed by atoms with Crippen LogP contribution in [-0.4, -0.2) is 51.7 Å². The summed E-state index contributed by atoms with van der Waals surface area (Å²) in [6.07, 6.45) is 4.92. The minimum Gasteiger partial charge on any atom is -0.340 e. The van der Waals surface area contributed by atoms with Gasteiger partial charge in [0.05, 0.1) is 6.20 Å². The van der Waals surface area contributed by atoms with E-state index in [2.05, 4.69) is 45.2 Å². The molecule has 1 saturated carbocycles. The van der Waals surface area contributed by atoms with Crippen molar-refractivity contribution >= 4 is 5.91 Å². The molecule has 1 saturated heterocycles.